The molecule has 0 N–H and O–H groups in total. The first-order valence-electron chi connectivity index (χ1n) is 5.46. The van der Waals surface area contributed by atoms with Crippen LogP contribution >= 0.6 is 0 Å². The highest BCUT2D eigenvalue weighted by atomic mass is 16.5. The van der Waals surface area contributed by atoms with E-state index in [-0.39, 0.29) is 24.7 Å². The lowest BCUT2D eigenvalue weighted by atomic mass is 10.2. The van der Waals surface area contributed by atoms with E-state index in [4.69, 9.17) is 9.26 Å². The first kappa shape index (κ1) is 12.4. The molecular formula is C12H13N3O3. The lowest BCUT2D eigenvalue weighted by Gasteiger charge is -1.96. The van der Waals surface area contributed by atoms with Gasteiger partial charge in [0.1, 0.15) is 12.3 Å². The third-order valence-electron chi connectivity index (χ3n) is 2.34. The molecule has 0 unspecified atom stereocenters. The number of methoxy groups -OCH3 is 1. The second-order valence-electron chi connectivity index (χ2n) is 3.83. The van der Waals surface area contributed by atoms with E-state index in [0.29, 0.717) is 11.5 Å². The normalized spacial score (nSPS) is 10.6. The third kappa shape index (κ3) is 2.78. The van der Waals surface area contributed by atoms with E-state index < -0.39 is 0 Å². The molecule has 2 aromatic heterocycles. The summed E-state index contributed by atoms with van der Waals surface area (Å²) < 4.78 is 9.75. The largest absolute Gasteiger partial charge is 0.377 e. The monoisotopic (exact) mass is 247 g/mol. The van der Waals surface area contributed by atoms with Crippen molar-refractivity contribution in [1.82, 2.24) is 15.1 Å². The first-order valence-corrected chi connectivity index (χ1v) is 5.46. The fourth-order valence-electron chi connectivity index (χ4n) is 1.52. The van der Waals surface area contributed by atoms with Gasteiger partial charge in [-0.2, -0.15) is 4.98 Å². The molecule has 0 atom stereocenters. The molecule has 18 heavy (non-hydrogen) atoms. The van der Waals surface area contributed by atoms with Crippen LogP contribution in [-0.4, -0.2) is 34.6 Å². The molecule has 2 rings (SSSR count). The molecule has 0 spiro atoms. The van der Waals surface area contributed by atoms with Crippen LogP contribution in [0.4, 0.5) is 0 Å². The highest BCUT2D eigenvalue weighted by Crippen LogP contribution is 2.16. The topological polar surface area (TPSA) is 78.1 Å². The molecule has 6 heteroatoms. The lowest BCUT2D eigenvalue weighted by Crippen LogP contribution is -2.09. The van der Waals surface area contributed by atoms with Crippen molar-refractivity contribution in [3.8, 4) is 11.5 Å². The summed E-state index contributed by atoms with van der Waals surface area (Å²) in [6, 6.07) is 3.75. The maximum absolute atomic E-state index is 11.4. The van der Waals surface area contributed by atoms with E-state index in [2.05, 4.69) is 15.1 Å². The van der Waals surface area contributed by atoms with Crippen LogP contribution in [0.2, 0.25) is 0 Å². The Morgan fingerprint density at radius 3 is 3.06 bits per heavy atom. The quantitative estimate of drug-likeness (QED) is 0.790. The van der Waals surface area contributed by atoms with Gasteiger partial charge in [-0.25, -0.2) is 0 Å². The average Bonchev–Trinajstić information content (AvgIpc) is 2.78. The van der Waals surface area contributed by atoms with E-state index in [9.17, 15) is 4.79 Å². The summed E-state index contributed by atoms with van der Waals surface area (Å²) in [5.74, 6) is 0.566. The Morgan fingerprint density at radius 2 is 2.33 bits per heavy atom. The SMILES string of the molecule is COCC(=O)Cc1nc(-c2ncccc2C)no1. The van der Waals surface area contributed by atoms with Crippen molar-refractivity contribution in [2.24, 2.45) is 0 Å². The van der Waals surface area contributed by atoms with Crippen molar-refractivity contribution >= 4 is 5.78 Å². The molecule has 6 nitrogen and oxygen atoms in total. The Hall–Kier alpha value is -2.08. The van der Waals surface area contributed by atoms with Gasteiger partial charge in [0.25, 0.3) is 0 Å². The molecular weight excluding hydrogens is 234 g/mol. The lowest BCUT2D eigenvalue weighted by molar-refractivity contribution is -0.122. The number of ketones is 1. The molecule has 0 saturated heterocycles. The number of hydrogen-bond acceptors (Lipinski definition) is 6. The number of aromatic nitrogens is 3. The molecule has 0 radical (unpaired) electrons. The van der Waals surface area contributed by atoms with Crippen molar-refractivity contribution in [2.75, 3.05) is 13.7 Å². The average molecular weight is 247 g/mol. The molecule has 0 aliphatic carbocycles. The maximum Gasteiger partial charge on any atom is 0.234 e. The van der Waals surface area contributed by atoms with Gasteiger partial charge in [-0.3, -0.25) is 9.78 Å². The van der Waals surface area contributed by atoms with Gasteiger partial charge in [-0.15, -0.1) is 0 Å². The van der Waals surface area contributed by atoms with Crippen LogP contribution in [0.3, 0.4) is 0 Å². The number of hydrogen-bond donors (Lipinski definition) is 0. The number of carbonyl (C=O) groups excluding carboxylic acids is 1. The van der Waals surface area contributed by atoms with Gasteiger partial charge in [0.05, 0.1) is 6.42 Å². The van der Waals surface area contributed by atoms with Crippen LogP contribution in [0.5, 0.6) is 0 Å². The predicted octanol–water partition coefficient (Wildman–Crippen LogP) is 1.20. The van der Waals surface area contributed by atoms with Gasteiger partial charge < -0.3 is 9.26 Å². The summed E-state index contributed by atoms with van der Waals surface area (Å²) >= 11 is 0. The number of pyridine rings is 1. The van der Waals surface area contributed by atoms with E-state index in [1.165, 1.54) is 7.11 Å². The molecule has 0 saturated carbocycles. The second kappa shape index (κ2) is 5.50. The Balaban J connectivity index is 2.16. The standard InChI is InChI=1S/C12H13N3O3/c1-8-4-3-5-13-11(8)12-14-10(18-15-12)6-9(16)7-17-2/h3-5H,6-7H2,1-2H3. The van der Waals surface area contributed by atoms with Crippen LogP contribution in [0.15, 0.2) is 22.9 Å². The fraction of sp³-hybridized carbons (Fsp3) is 0.333. The van der Waals surface area contributed by atoms with Crippen molar-refractivity contribution in [1.29, 1.82) is 0 Å². The van der Waals surface area contributed by atoms with Gasteiger partial charge in [-0.1, -0.05) is 11.2 Å². The summed E-state index contributed by atoms with van der Waals surface area (Å²) in [6.07, 6.45) is 1.74. The minimum absolute atomic E-state index is 0.0420. The van der Waals surface area contributed by atoms with Crippen LogP contribution in [0.1, 0.15) is 11.5 Å². The van der Waals surface area contributed by atoms with Crippen molar-refractivity contribution < 1.29 is 14.1 Å². The Kier molecular flexibility index (Phi) is 3.78. The predicted molar refractivity (Wildman–Crippen MR) is 62.9 cm³/mol. The second-order valence-corrected chi connectivity index (χ2v) is 3.83. The fourth-order valence-corrected chi connectivity index (χ4v) is 1.52. The van der Waals surface area contributed by atoms with E-state index in [1.54, 1.807) is 6.20 Å². The molecule has 2 heterocycles. The summed E-state index contributed by atoms with van der Waals surface area (Å²) in [5.41, 5.74) is 1.61. The zero-order valence-corrected chi connectivity index (χ0v) is 10.2. The van der Waals surface area contributed by atoms with Gasteiger partial charge in [0.15, 0.2) is 5.78 Å². The Labute approximate surface area is 104 Å². The molecule has 2 aromatic rings. The van der Waals surface area contributed by atoms with E-state index >= 15 is 0 Å². The van der Waals surface area contributed by atoms with Gasteiger partial charge >= 0.3 is 0 Å². The highest BCUT2D eigenvalue weighted by molar-refractivity contribution is 5.81. The summed E-state index contributed by atoms with van der Waals surface area (Å²) in [6.45, 7) is 1.95. The summed E-state index contributed by atoms with van der Waals surface area (Å²) in [5, 5.41) is 3.82. The van der Waals surface area contributed by atoms with Crippen molar-refractivity contribution in [3.05, 3.63) is 29.8 Å². The Morgan fingerprint density at radius 1 is 1.50 bits per heavy atom. The third-order valence-corrected chi connectivity index (χ3v) is 2.34. The van der Waals surface area contributed by atoms with Gasteiger partial charge in [0, 0.05) is 13.3 Å². The molecule has 0 bridgehead atoms. The van der Waals surface area contributed by atoms with Crippen molar-refractivity contribution in [3.63, 3.8) is 0 Å². The number of aryl methyl sites for hydroxylation is 1. The number of rotatable bonds is 5. The smallest absolute Gasteiger partial charge is 0.234 e. The summed E-state index contributed by atoms with van der Waals surface area (Å²) in [7, 11) is 1.47. The Bertz CT molecular complexity index is 551. The number of nitrogens with zero attached hydrogens (tertiary/aromatic N) is 3. The van der Waals surface area contributed by atoms with Crippen LogP contribution in [0.25, 0.3) is 11.5 Å². The molecule has 0 aliphatic rings. The van der Waals surface area contributed by atoms with E-state index in [1.807, 2.05) is 19.1 Å². The van der Waals surface area contributed by atoms with Crippen LogP contribution < -0.4 is 0 Å². The first-order chi connectivity index (χ1) is 8.70. The van der Waals surface area contributed by atoms with Gasteiger partial charge in [0.2, 0.25) is 11.7 Å². The minimum Gasteiger partial charge on any atom is -0.377 e. The molecule has 0 aliphatic heterocycles. The molecule has 0 amide bonds. The maximum atomic E-state index is 11.4. The number of Topliss-reactive ketones (excluding diaryl/α,β-unsaturated/α-hetero) is 1. The molecule has 0 fully saturated rings. The van der Waals surface area contributed by atoms with E-state index in [0.717, 1.165) is 5.56 Å². The zero-order valence-electron chi connectivity index (χ0n) is 10.2. The highest BCUT2D eigenvalue weighted by Gasteiger charge is 2.14. The molecule has 0 aromatic carbocycles. The number of ether oxygens (including phenoxy) is 1. The minimum atomic E-state index is -0.106. The number of carbonyl (C=O) groups is 1. The summed E-state index contributed by atoms with van der Waals surface area (Å²) in [4.78, 5) is 19.7. The molecule has 94 valence electrons. The van der Waals surface area contributed by atoms with Gasteiger partial charge in [-0.05, 0) is 18.6 Å². The van der Waals surface area contributed by atoms with Crippen LogP contribution in [-0.2, 0) is 16.0 Å². The van der Waals surface area contributed by atoms with Crippen LogP contribution in [0, 0.1) is 6.92 Å². The van der Waals surface area contributed by atoms with Crippen molar-refractivity contribution in [2.45, 2.75) is 13.3 Å². The zero-order chi connectivity index (χ0) is 13.0.